The van der Waals surface area contributed by atoms with Crippen molar-refractivity contribution < 1.29 is 17.9 Å². The maximum atomic E-state index is 13.2. The standard InChI is InChI=1S/C22H32N2O4S/c1-15-11-16(13-18(12-15)29(26,27)24-7-9-28-10-8-24)19(25)23-20-21(2,3)17-5-6-22(20,4)14-17/h11-13,17,20H,5-10,14H2,1-4H3,(H,23,25)/t17-,20?,22+/m1/s1. The second-order valence-electron chi connectivity index (χ2n) is 9.87. The number of aryl methyl sites for hydroxylation is 1. The van der Waals surface area contributed by atoms with E-state index in [9.17, 15) is 13.2 Å². The Kier molecular flexibility index (Phi) is 5.07. The van der Waals surface area contributed by atoms with E-state index in [4.69, 9.17) is 4.74 Å². The zero-order valence-electron chi connectivity index (χ0n) is 17.8. The van der Waals surface area contributed by atoms with Gasteiger partial charge in [-0.1, -0.05) is 20.8 Å². The van der Waals surface area contributed by atoms with Gasteiger partial charge < -0.3 is 10.1 Å². The summed E-state index contributed by atoms with van der Waals surface area (Å²) in [6, 6.07) is 5.04. The maximum absolute atomic E-state index is 13.2. The number of sulfonamides is 1. The summed E-state index contributed by atoms with van der Waals surface area (Å²) in [7, 11) is -3.64. The van der Waals surface area contributed by atoms with Crippen LogP contribution < -0.4 is 5.32 Å². The quantitative estimate of drug-likeness (QED) is 0.813. The van der Waals surface area contributed by atoms with Gasteiger partial charge in [-0.25, -0.2) is 8.42 Å². The molecule has 160 valence electrons. The third kappa shape index (κ3) is 3.51. The Balaban J connectivity index is 1.60. The molecule has 2 saturated carbocycles. The molecule has 6 nitrogen and oxygen atoms in total. The Bertz CT molecular complexity index is 916. The van der Waals surface area contributed by atoms with Gasteiger partial charge in [0.25, 0.3) is 5.91 Å². The van der Waals surface area contributed by atoms with Crippen molar-refractivity contribution in [2.45, 2.75) is 57.9 Å². The monoisotopic (exact) mass is 420 g/mol. The molecule has 0 radical (unpaired) electrons. The van der Waals surface area contributed by atoms with Crippen molar-refractivity contribution >= 4 is 15.9 Å². The number of benzene rings is 1. The molecule has 7 heteroatoms. The van der Waals surface area contributed by atoms with Crippen molar-refractivity contribution in [1.29, 1.82) is 0 Å². The van der Waals surface area contributed by atoms with Crippen LogP contribution >= 0.6 is 0 Å². The molecule has 1 aromatic rings. The van der Waals surface area contributed by atoms with Crippen molar-refractivity contribution in [1.82, 2.24) is 9.62 Å². The van der Waals surface area contributed by atoms with E-state index in [0.29, 0.717) is 37.8 Å². The number of hydrogen-bond acceptors (Lipinski definition) is 4. The summed E-state index contributed by atoms with van der Waals surface area (Å²) >= 11 is 0. The minimum Gasteiger partial charge on any atom is -0.379 e. The third-order valence-corrected chi connectivity index (χ3v) is 9.34. The number of nitrogens with zero attached hydrogens (tertiary/aromatic N) is 1. The first-order chi connectivity index (χ1) is 13.5. The number of nitrogens with one attached hydrogen (secondary N) is 1. The van der Waals surface area contributed by atoms with Crippen molar-refractivity contribution in [3.63, 3.8) is 0 Å². The van der Waals surface area contributed by atoms with Crippen LogP contribution in [0.3, 0.4) is 0 Å². The molecule has 1 N–H and O–H groups in total. The number of fused-ring (bicyclic) bond motifs is 2. The Morgan fingerprint density at radius 1 is 1.17 bits per heavy atom. The highest BCUT2D eigenvalue weighted by atomic mass is 32.2. The van der Waals surface area contributed by atoms with Crippen LogP contribution in [0, 0.1) is 23.7 Å². The number of carbonyl (C=O) groups is 1. The average Bonchev–Trinajstić information content (AvgIpc) is 3.16. The minimum atomic E-state index is -3.64. The highest BCUT2D eigenvalue weighted by molar-refractivity contribution is 7.89. The molecule has 2 bridgehead atoms. The van der Waals surface area contributed by atoms with E-state index in [2.05, 4.69) is 26.1 Å². The number of morpholine rings is 1. The summed E-state index contributed by atoms with van der Waals surface area (Å²) in [5.41, 5.74) is 1.35. The van der Waals surface area contributed by atoms with Crippen LogP contribution in [0.15, 0.2) is 23.1 Å². The summed E-state index contributed by atoms with van der Waals surface area (Å²) < 4.78 is 32.8. The van der Waals surface area contributed by atoms with Gasteiger partial charge in [0.05, 0.1) is 18.1 Å². The molecular weight excluding hydrogens is 388 g/mol. The molecule has 4 rings (SSSR count). The van der Waals surface area contributed by atoms with E-state index in [0.717, 1.165) is 18.4 Å². The van der Waals surface area contributed by atoms with Gasteiger partial charge in [-0.15, -0.1) is 0 Å². The molecule has 0 aromatic heterocycles. The van der Waals surface area contributed by atoms with Crippen LogP contribution in [-0.4, -0.2) is 51.0 Å². The van der Waals surface area contributed by atoms with E-state index in [1.165, 1.54) is 16.8 Å². The first-order valence-electron chi connectivity index (χ1n) is 10.5. The van der Waals surface area contributed by atoms with Crippen LogP contribution in [0.5, 0.6) is 0 Å². The van der Waals surface area contributed by atoms with Crippen LogP contribution in [0.1, 0.15) is 56.0 Å². The number of rotatable bonds is 4. The van der Waals surface area contributed by atoms with Gasteiger partial charge in [0.15, 0.2) is 0 Å². The van der Waals surface area contributed by atoms with Gasteiger partial charge in [-0.2, -0.15) is 4.31 Å². The number of hydrogen-bond donors (Lipinski definition) is 1. The zero-order chi connectivity index (χ0) is 21.0. The van der Waals surface area contributed by atoms with Crippen LogP contribution in [0.2, 0.25) is 0 Å². The molecule has 2 aliphatic carbocycles. The van der Waals surface area contributed by atoms with Crippen LogP contribution in [-0.2, 0) is 14.8 Å². The average molecular weight is 421 g/mol. The molecule has 1 aromatic carbocycles. The lowest BCUT2D eigenvalue weighted by Crippen LogP contribution is -2.52. The summed E-state index contributed by atoms with van der Waals surface area (Å²) in [6.45, 7) is 10.1. The molecule has 3 fully saturated rings. The van der Waals surface area contributed by atoms with E-state index in [1.807, 2.05) is 6.92 Å². The Hall–Kier alpha value is -1.44. The van der Waals surface area contributed by atoms with Gasteiger partial charge in [0.2, 0.25) is 10.0 Å². The molecule has 1 heterocycles. The fourth-order valence-electron chi connectivity index (χ4n) is 5.84. The van der Waals surface area contributed by atoms with Gasteiger partial charge in [-0.05, 0) is 66.7 Å². The van der Waals surface area contributed by atoms with E-state index < -0.39 is 10.0 Å². The second-order valence-corrected chi connectivity index (χ2v) is 11.8. The lowest BCUT2D eigenvalue weighted by Gasteiger charge is -2.43. The molecule has 1 aliphatic heterocycles. The number of ether oxygens (including phenoxy) is 1. The first-order valence-corrected chi connectivity index (χ1v) is 12.0. The van der Waals surface area contributed by atoms with Gasteiger partial charge >= 0.3 is 0 Å². The molecule has 3 atom stereocenters. The van der Waals surface area contributed by atoms with Crippen LogP contribution in [0.25, 0.3) is 0 Å². The van der Waals surface area contributed by atoms with Crippen molar-refractivity contribution in [2.75, 3.05) is 26.3 Å². The number of amides is 1. The predicted octanol–water partition coefficient (Wildman–Crippen LogP) is 2.96. The maximum Gasteiger partial charge on any atom is 0.251 e. The summed E-state index contributed by atoms with van der Waals surface area (Å²) in [5, 5.41) is 3.28. The topological polar surface area (TPSA) is 75.7 Å². The summed E-state index contributed by atoms with van der Waals surface area (Å²) in [4.78, 5) is 13.4. The second kappa shape index (κ2) is 7.06. The van der Waals surface area contributed by atoms with E-state index >= 15 is 0 Å². The predicted molar refractivity (Wildman–Crippen MR) is 111 cm³/mol. The number of carbonyl (C=O) groups excluding carboxylic acids is 1. The zero-order valence-corrected chi connectivity index (χ0v) is 18.6. The highest BCUT2D eigenvalue weighted by Gasteiger charge is 2.59. The fourth-order valence-corrected chi connectivity index (χ4v) is 7.38. The Labute approximate surface area is 174 Å². The fraction of sp³-hybridized carbons (Fsp3) is 0.682. The van der Waals surface area contributed by atoms with E-state index in [1.54, 1.807) is 12.1 Å². The van der Waals surface area contributed by atoms with Gasteiger partial charge in [0.1, 0.15) is 0 Å². The van der Waals surface area contributed by atoms with E-state index in [-0.39, 0.29) is 27.7 Å². The minimum absolute atomic E-state index is 0.0508. The largest absolute Gasteiger partial charge is 0.379 e. The molecule has 1 amide bonds. The van der Waals surface area contributed by atoms with Crippen molar-refractivity contribution in [3.8, 4) is 0 Å². The third-order valence-electron chi connectivity index (χ3n) is 7.47. The first kappa shape index (κ1) is 20.8. The van der Waals surface area contributed by atoms with Crippen LogP contribution in [0.4, 0.5) is 0 Å². The Morgan fingerprint density at radius 2 is 1.86 bits per heavy atom. The normalized spacial score (nSPS) is 31.7. The molecular formula is C22H32N2O4S. The SMILES string of the molecule is Cc1cc(C(=O)NC2C(C)(C)[C@@H]3CC[C@@]2(C)C3)cc(S(=O)(=O)N2CCOCC2)c1. The van der Waals surface area contributed by atoms with Gasteiger partial charge in [0, 0.05) is 24.7 Å². The summed E-state index contributed by atoms with van der Waals surface area (Å²) in [5.74, 6) is 0.451. The summed E-state index contributed by atoms with van der Waals surface area (Å²) in [6.07, 6.45) is 3.51. The lowest BCUT2D eigenvalue weighted by atomic mass is 9.68. The highest BCUT2D eigenvalue weighted by Crippen LogP contribution is 2.62. The van der Waals surface area contributed by atoms with Gasteiger partial charge in [-0.3, -0.25) is 4.79 Å². The molecule has 0 spiro atoms. The molecule has 1 unspecified atom stereocenters. The Morgan fingerprint density at radius 3 is 2.48 bits per heavy atom. The smallest absolute Gasteiger partial charge is 0.251 e. The molecule has 3 aliphatic rings. The van der Waals surface area contributed by atoms with Crippen molar-refractivity contribution in [3.05, 3.63) is 29.3 Å². The molecule has 1 saturated heterocycles. The van der Waals surface area contributed by atoms with Crippen molar-refractivity contribution in [2.24, 2.45) is 16.7 Å². The molecule has 29 heavy (non-hydrogen) atoms. The lowest BCUT2D eigenvalue weighted by molar-refractivity contribution is 0.0728.